The number of benzene rings is 3. The smallest absolute Gasteiger partial charge is 0.338 e. The van der Waals surface area contributed by atoms with Crippen molar-refractivity contribution in [3.63, 3.8) is 0 Å². The summed E-state index contributed by atoms with van der Waals surface area (Å²) in [5.41, 5.74) is 0.542. The molecule has 1 aliphatic heterocycles. The zero-order valence-electron chi connectivity index (χ0n) is 18.9. The first kappa shape index (κ1) is 25.0. The van der Waals surface area contributed by atoms with Gasteiger partial charge in [-0.3, -0.25) is 0 Å². The lowest BCUT2D eigenvalue weighted by atomic mass is 9.99. The molecule has 0 spiro atoms. The summed E-state index contributed by atoms with van der Waals surface area (Å²) in [4.78, 5) is 37.9. The first-order valence-corrected chi connectivity index (χ1v) is 11.2. The molecule has 1 fully saturated rings. The van der Waals surface area contributed by atoms with Gasteiger partial charge < -0.3 is 24.1 Å². The number of carbonyl (C=O) groups excluding carboxylic acids is 3. The number of alkyl halides is 1. The van der Waals surface area contributed by atoms with Gasteiger partial charge in [-0.25, -0.2) is 18.8 Å². The van der Waals surface area contributed by atoms with Crippen LogP contribution in [0.5, 0.6) is 0 Å². The highest BCUT2D eigenvalue weighted by Crippen LogP contribution is 2.29. The maximum absolute atomic E-state index is 15.1. The molecule has 3 aromatic carbocycles. The Kier molecular flexibility index (Phi) is 8.04. The van der Waals surface area contributed by atoms with E-state index >= 15 is 4.39 Å². The van der Waals surface area contributed by atoms with Crippen molar-refractivity contribution < 1.29 is 42.8 Å². The van der Waals surface area contributed by atoms with Crippen molar-refractivity contribution in [2.75, 3.05) is 6.61 Å². The molecule has 0 radical (unpaired) electrons. The molecule has 0 saturated carbocycles. The number of halogens is 1. The van der Waals surface area contributed by atoms with Crippen LogP contribution in [0, 0.1) is 0 Å². The minimum atomic E-state index is -2.24. The molecule has 3 aromatic rings. The second-order valence-electron chi connectivity index (χ2n) is 7.95. The predicted molar refractivity (Wildman–Crippen MR) is 124 cm³/mol. The number of rotatable bonds is 7. The van der Waals surface area contributed by atoms with Gasteiger partial charge in [0.15, 0.2) is 24.7 Å². The Labute approximate surface area is 206 Å². The first-order chi connectivity index (χ1) is 17.4. The van der Waals surface area contributed by atoms with Crippen LogP contribution in [-0.4, -0.2) is 60.4 Å². The number of hydrogen-bond acceptors (Lipinski definition) is 8. The Morgan fingerprint density at radius 3 is 1.58 bits per heavy atom. The quantitative estimate of drug-likeness (QED) is 0.394. The van der Waals surface area contributed by atoms with Crippen molar-refractivity contribution in [1.29, 1.82) is 0 Å². The molecular weight excluding hydrogens is 471 g/mol. The lowest BCUT2D eigenvalue weighted by Gasteiger charge is -2.40. The van der Waals surface area contributed by atoms with Gasteiger partial charge in [-0.05, 0) is 36.4 Å². The van der Waals surface area contributed by atoms with Gasteiger partial charge in [0.2, 0.25) is 0 Å². The molecule has 0 aromatic heterocycles. The van der Waals surface area contributed by atoms with Crippen LogP contribution in [0.15, 0.2) is 91.0 Å². The zero-order chi connectivity index (χ0) is 25.5. The van der Waals surface area contributed by atoms with Gasteiger partial charge in [-0.1, -0.05) is 54.6 Å². The molecule has 0 aliphatic carbocycles. The van der Waals surface area contributed by atoms with Crippen LogP contribution < -0.4 is 0 Å². The summed E-state index contributed by atoms with van der Waals surface area (Å²) in [6, 6.07) is 23.8. The van der Waals surface area contributed by atoms with E-state index in [1.807, 2.05) is 0 Å². The van der Waals surface area contributed by atoms with Gasteiger partial charge in [-0.15, -0.1) is 0 Å². The molecule has 186 valence electrons. The van der Waals surface area contributed by atoms with E-state index in [1.54, 1.807) is 54.6 Å². The van der Waals surface area contributed by atoms with E-state index in [2.05, 4.69) is 0 Å². The highest BCUT2D eigenvalue weighted by Gasteiger charge is 2.51. The molecule has 1 aliphatic rings. The van der Waals surface area contributed by atoms with Crippen LogP contribution in [0.25, 0.3) is 0 Å². The largest absolute Gasteiger partial charge is 0.459 e. The number of aliphatic hydroxyl groups is 1. The van der Waals surface area contributed by atoms with Crippen molar-refractivity contribution in [2.24, 2.45) is 0 Å². The third-order valence-electron chi connectivity index (χ3n) is 5.48. The summed E-state index contributed by atoms with van der Waals surface area (Å²) >= 11 is 0. The summed E-state index contributed by atoms with van der Waals surface area (Å²) in [5, 5.41) is 10.2. The monoisotopic (exact) mass is 494 g/mol. The summed E-state index contributed by atoms with van der Waals surface area (Å²) in [6.45, 7) is -0.510. The average molecular weight is 494 g/mol. The molecule has 9 heteroatoms. The molecule has 36 heavy (non-hydrogen) atoms. The van der Waals surface area contributed by atoms with Gasteiger partial charge in [0.25, 0.3) is 0 Å². The summed E-state index contributed by atoms with van der Waals surface area (Å²) in [6.07, 6.45) is -8.87. The average Bonchev–Trinajstić information content (AvgIpc) is 2.92. The van der Waals surface area contributed by atoms with E-state index < -0.39 is 55.3 Å². The van der Waals surface area contributed by atoms with E-state index in [-0.39, 0.29) is 16.7 Å². The van der Waals surface area contributed by atoms with E-state index in [4.69, 9.17) is 18.9 Å². The number of ether oxygens (including phenoxy) is 4. The van der Waals surface area contributed by atoms with Crippen LogP contribution >= 0.6 is 0 Å². The number of hydrogen-bond donors (Lipinski definition) is 1. The van der Waals surface area contributed by atoms with Crippen molar-refractivity contribution in [2.45, 2.75) is 30.8 Å². The van der Waals surface area contributed by atoms with Crippen LogP contribution in [0.1, 0.15) is 31.1 Å². The van der Waals surface area contributed by atoms with Crippen molar-refractivity contribution in [3.8, 4) is 0 Å². The van der Waals surface area contributed by atoms with E-state index in [0.29, 0.717) is 0 Å². The van der Waals surface area contributed by atoms with Gasteiger partial charge in [0, 0.05) is 0 Å². The molecule has 0 amide bonds. The minimum Gasteiger partial charge on any atom is -0.459 e. The van der Waals surface area contributed by atoms with Crippen LogP contribution in [0.3, 0.4) is 0 Å². The number of esters is 3. The summed E-state index contributed by atoms with van der Waals surface area (Å²) in [7, 11) is 0. The highest BCUT2D eigenvalue weighted by molar-refractivity contribution is 5.90. The molecule has 1 saturated heterocycles. The van der Waals surface area contributed by atoms with E-state index in [0.717, 1.165) is 0 Å². The van der Waals surface area contributed by atoms with Crippen LogP contribution in [0.4, 0.5) is 4.39 Å². The normalized spacial score (nSPS) is 23.3. The molecule has 1 heterocycles. The Hall–Kier alpha value is -4.08. The molecule has 0 bridgehead atoms. The van der Waals surface area contributed by atoms with Crippen LogP contribution in [-0.2, 0) is 18.9 Å². The van der Waals surface area contributed by atoms with Gasteiger partial charge in [0.1, 0.15) is 12.7 Å². The molecule has 0 unspecified atom stereocenters. The molecular formula is C27H23FO8. The third-order valence-corrected chi connectivity index (χ3v) is 5.48. The number of carbonyl (C=O) groups is 3. The Morgan fingerprint density at radius 2 is 1.11 bits per heavy atom. The molecule has 8 nitrogen and oxygen atoms in total. The molecule has 5 atom stereocenters. The maximum Gasteiger partial charge on any atom is 0.338 e. The fourth-order valence-corrected chi connectivity index (χ4v) is 3.64. The predicted octanol–water partition coefficient (Wildman–Crippen LogP) is 3.35. The Morgan fingerprint density at radius 1 is 0.694 bits per heavy atom. The Balaban J connectivity index is 1.57. The lowest BCUT2D eigenvalue weighted by molar-refractivity contribution is -0.270. The lowest BCUT2D eigenvalue weighted by Crippen LogP contribution is -2.60. The summed E-state index contributed by atoms with van der Waals surface area (Å²) < 4.78 is 36.5. The van der Waals surface area contributed by atoms with Gasteiger partial charge >= 0.3 is 17.9 Å². The first-order valence-electron chi connectivity index (χ1n) is 11.2. The topological polar surface area (TPSA) is 108 Å². The molecule has 1 N–H and O–H groups in total. The van der Waals surface area contributed by atoms with E-state index in [9.17, 15) is 19.5 Å². The number of aliphatic hydroxyl groups excluding tert-OH is 1. The van der Waals surface area contributed by atoms with Crippen molar-refractivity contribution in [3.05, 3.63) is 108 Å². The standard InChI is InChI=1S/C27H23FO8/c28-21-23(36-26(31)19-14-8-3-9-15-19)22(35-25(30)18-12-6-2-7-13-18)20(34-27(21)32)16-33-24(29)17-10-4-1-5-11-17/h1-15,20-23,27,32H,16H2/t20-,21-,22-,23-,27-/m1/s1. The highest BCUT2D eigenvalue weighted by atomic mass is 19.1. The fraction of sp³-hybridized carbons (Fsp3) is 0.222. The second kappa shape index (κ2) is 11.6. The molecule has 4 rings (SSSR count). The Bertz CT molecular complexity index is 1170. The van der Waals surface area contributed by atoms with Crippen LogP contribution in [0.2, 0.25) is 0 Å². The van der Waals surface area contributed by atoms with Gasteiger partial charge in [-0.2, -0.15) is 0 Å². The third kappa shape index (κ3) is 5.94. The van der Waals surface area contributed by atoms with Gasteiger partial charge in [0.05, 0.1) is 16.7 Å². The fourth-order valence-electron chi connectivity index (χ4n) is 3.64. The van der Waals surface area contributed by atoms with E-state index in [1.165, 1.54) is 36.4 Å². The SMILES string of the molecule is O=C(OC[C@H]1O[C@@H](O)[C@H](F)[C@@H](OC(=O)c2ccccc2)[C@@H]1OC(=O)c1ccccc1)c1ccccc1. The van der Waals surface area contributed by atoms with Crippen molar-refractivity contribution >= 4 is 17.9 Å². The zero-order valence-corrected chi connectivity index (χ0v) is 18.9. The summed E-state index contributed by atoms with van der Waals surface area (Å²) in [5.74, 6) is -2.44. The second-order valence-corrected chi connectivity index (χ2v) is 7.95. The van der Waals surface area contributed by atoms with Crippen molar-refractivity contribution in [1.82, 2.24) is 0 Å². The minimum absolute atomic E-state index is 0.130. The maximum atomic E-state index is 15.1.